The monoisotopic (exact) mass is 450 g/mol. The number of piperidine rings is 1. The maximum Gasteiger partial charge on any atom is 0.253 e. The molecule has 0 aromatic heterocycles. The van der Waals surface area contributed by atoms with Crippen molar-refractivity contribution in [3.05, 3.63) is 28.5 Å². The summed E-state index contributed by atoms with van der Waals surface area (Å²) in [5, 5.41) is 28.7. The fraction of sp³-hybridized carbons (Fsp3) is 0.632. The maximum atomic E-state index is 13.7. The number of aliphatic hydroxyl groups is 2. The second-order valence-electron chi connectivity index (χ2n) is 8.16. The molecule has 0 aliphatic carbocycles. The van der Waals surface area contributed by atoms with Gasteiger partial charge < -0.3 is 20.2 Å². The van der Waals surface area contributed by atoms with E-state index in [2.05, 4.69) is 4.72 Å². The average Bonchev–Trinajstić information content (AvgIpc) is 2.67. The lowest BCUT2D eigenvalue weighted by molar-refractivity contribution is -0.143. The van der Waals surface area contributed by atoms with Gasteiger partial charge in [-0.15, -0.1) is 0 Å². The van der Waals surface area contributed by atoms with Crippen molar-refractivity contribution in [3.8, 4) is 5.75 Å². The first-order valence-electron chi connectivity index (χ1n) is 9.39. The van der Waals surface area contributed by atoms with Crippen LogP contribution in [0, 0.1) is 11.7 Å². The predicted octanol–water partition coefficient (Wildman–Crippen LogP) is 1.87. The van der Waals surface area contributed by atoms with E-state index < -0.39 is 46.2 Å². The number of halogens is 2. The van der Waals surface area contributed by atoms with Crippen LogP contribution in [0.1, 0.15) is 45.2 Å². The zero-order valence-electron chi connectivity index (χ0n) is 16.7. The molecule has 0 bridgehead atoms. The van der Waals surface area contributed by atoms with Crippen LogP contribution in [0.3, 0.4) is 0 Å². The Morgan fingerprint density at radius 3 is 2.48 bits per heavy atom. The lowest BCUT2D eigenvalue weighted by Crippen LogP contribution is -2.47. The molecule has 29 heavy (non-hydrogen) atoms. The topological polar surface area (TPSA) is 110 Å². The largest absolute Gasteiger partial charge is 0.507 e. The Bertz CT molecular complexity index is 766. The normalized spacial score (nSPS) is 19.1. The number of phenols is 1. The number of hydrogen-bond acceptors (Lipinski definition) is 5. The highest BCUT2D eigenvalue weighted by atomic mass is 35.5. The van der Waals surface area contributed by atoms with Gasteiger partial charge in [-0.3, -0.25) is 4.79 Å². The Hall–Kier alpha value is -1.26. The summed E-state index contributed by atoms with van der Waals surface area (Å²) >= 11 is 5.92. The van der Waals surface area contributed by atoms with Gasteiger partial charge in [-0.1, -0.05) is 11.6 Å². The van der Waals surface area contributed by atoms with Gasteiger partial charge in [0.15, 0.2) is 6.10 Å². The zero-order chi connectivity index (χ0) is 21.9. The summed E-state index contributed by atoms with van der Waals surface area (Å²) in [7, 11) is -1.47. The number of aromatic hydroxyl groups is 1. The van der Waals surface area contributed by atoms with Crippen LogP contribution in [-0.2, 0) is 15.8 Å². The second-order valence-corrected chi connectivity index (χ2v) is 10.6. The molecule has 1 aliphatic rings. The number of benzene rings is 1. The number of carbonyl (C=O) groups excluding carboxylic acids is 1. The van der Waals surface area contributed by atoms with Gasteiger partial charge in [0.05, 0.1) is 33.4 Å². The van der Waals surface area contributed by atoms with E-state index in [-0.39, 0.29) is 16.7 Å². The Labute approximate surface area is 177 Å². The highest BCUT2D eigenvalue weighted by molar-refractivity contribution is 7.84. The van der Waals surface area contributed by atoms with E-state index in [1.54, 1.807) is 0 Å². The molecule has 10 heteroatoms. The summed E-state index contributed by atoms with van der Waals surface area (Å²) < 4.78 is 28.9. The Balaban J connectivity index is 2.27. The molecule has 1 aromatic carbocycles. The summed E-state index contributed by atoms with van der Waals surface area (Å²) in [6, 6.07) is 1.69. The molecular formula is C19H28ClFN2O5S. The predicted molar refractivity (Wildman–Crippen MR) is 109 cm³/mol. The molecule has 3 atom stereocenters. The number of carbonyl (C=O) groups is 1. The smallest absolute Gasteiger partial charge is 0.253 e. The molecule has 1 fully saturated rings. The SMILES string of the molecule is CC(C)(C)S(=O)N[C@@H](c1cc(Cl)c(F)cc1O)C1CCN(C(=O)[C@H](O)CO)CC1. The fourth-order valence-electron chi connectivity index (χ4n) is 3.25. The average molecular weight is 451 g/mol. The van der Waals surface area contributed by atoms with Crippen LogP contribution in [0.15, 0.2) is 12.1 Å². The molecule has 0 saturated carbocycles. The van der Waals surface area contributed by atoms with E-state index in [0.29, 0.717) is 31.5 Å². The van der Waals surface area contributed by atoms with Crippen molar-refractivity contribution in [2.45, 2.75) is 50.5 Å². The molecule has 0 spiro atoms. The van der Waals surface area contributed by atoms with Crippen LogP contribution in [0.25, 0.3) is 0 Å². The number of hydrogen-bond donors (Lipinski definition) is 4. The molecule has 1 heterocycles. The number of likely N-dealkylation sites (tertiary alicyclic amines) is 1. The molecule has 1 aromatic rings. The molecule has 1 saturated heterocycles. The van der Waals surface area contributed by atoms with E-state index >= 15 is 0 Å². The number of amides is 1. The van der Waals surface area contributed by atoms with Crippen molar-refractivity contribution in [1.29, 1.82) is 0 Å². The highest BCUT2D eigenvalue weighted by Crippen LogP contribution is 2.38. The molecular weight excluding hydrogens is 423 g/mol. The first-order chi connectivity index (χ1) is 13.5. The first-order valence-corrected chi connectivity index (χ1v) is 10.9. The molecule has 2 rings (SSSR count). The minimum Gasteiger partial charge on any atom is -0.507 e. The summed E-state index contributed by atoms with van der Waals surface area (Å²) in [5.74, 6) is -1.70. The van der Waals surface area contributed by atoms with Crippen molar-refractivity contribution in [2.75, 3.05) is 19.7 Å². The van der Waals surface area contributed by atoms with Gasteiger partial charge in [0.25, 0.3) is 5.91 Å². The summed E-state index contributed by atoms with van der Waals surface area (Å²) in [5.41, 5.74) is 0.342. The Morgan fingerprint density at radius 1 is 1.38 bits per heavy atom. The maximum absolute atomic E-state index is 13.7. The summed E-state index contributed by atoms with van der Waals surface area (Å²) in [4.78, 5) is 13.5. The van der Waals surface area contributed by atoms with E-state index in [1.165, 1.54) is 11.0 Å². The van der Waals surface area contributed by atoms with Crippen LogP contribution < -0.4 is 4.72 Å². The Morgan fingerprint density at radius 2 is 1.97 bits per heavy atom. The van der Waals surface area contributed by atoms with Gasteiger partial charge in [-0.2, -0.15) is 0 Å². The number of rotatable bonds is 6. The third-order valence-corrected chi connectivity index (χ3v) is 6.85. The molecule has 7 nitrogen and oxygen atoms in total. The lowest BCUT2D eigenvalue weighted by Gasteiger charge is -2.38. The fourth-order valence-corrected chi connectivity index (χ4v) is 4.32. The third-order valence-electron chi connectivity index (χ3n) is 4.98. The van der Waals surface area contributed by atoms with Crippen LogP contribution in [0.2, 0.25) is 5.02 Å². The van der Waals surface area contributed by atoms with Gasteiger partial charge in [0, 0.05) is 24.7 Å². The van der Waals surface area contributed by atoms with Gasteiger partial charge in [0.2, 0.25) is 0 Å². The van der Waals surface area contributed by atoms with Gasteiger partial charge in [-0.05, 0) is 45.6 Å². The lowest BCUT2D eigenvalue weighted by atomic mass is 9.85. The van der Waals surface area contributed by atoms with E-state index in [0.717, 1.165) is 6.07 Å². The number of phenolic OH excluding ortho intramolecular Hbond substituents is 1. The van der Waals surface area contributed by atoms with Crippen molar-refractivity contribution >= 4 is 28.5 Å². The standard InChI is InChI=1S/C19H28ClFN2O5S/c1-19(2,3)29(28)22-17(12-8-13(20)14(21)9-15(12)25)11-4-6-23(7-5-11)18(27)16(26)10-24/h8-9,11,16-17,22,24-26H,4-7,10H2,1-3H3/t16-,17-,29?/m1/s1. The number of nitrogens with zero attached hydrogens (tertiary/aromatic N) is 1. The van der Waals surface area contributed by atoms with E-state index in [9.17, 15) is 23.6 Å². The molecule has 1 amide bonds. The van der Waals surface area contributed by atoms with Crippen LogP contribution >= 0.6 is 11.6 Å². The molecule has 0 radical (unpaired) electrons. The quantitative estimate of drug-likeness (QED) is 0.529. The molecule has 4 N–H and O–H groups in total. The molecule has 1 aliphatic heterocycles. The van der Waals surface area contributed by atoms with Crippen LogP contribution in [0.4, 0.5) is 4.39 Å². The van der Waals surface area contributed by atoms with Crippen LogP contribution in [0.5, 0.6) is 5.75 Å². The summed E-state index contributed by atoms with van der Waals surface area (Å²) in [6.45, 7) is 5.44. The van der Waals surface area contributed by atoms with Crippen molar-refractivity contribution in [2.24, 2.45) is 5.92 Å². The van der Waals surface area contributed by atoms with Gasteiger partial charge >= 0.3 is 0 Å². The second kappa shape index (κ2) is 9.70. The summed E-state index contributed by atoms with van der Waals surface area (Å²) in [6.07, 6.45) is -0.455. The van der Waals surface area contributed by atoms with E-state index in [1.807, 2.05) is 20.8 Å². The first kappa shape index (κ1) is 24.0. The van der Waals surface area contributed by atoms with Gasteiger partial charge in [0.1, 0.15) is 11.6 Å². The number of nitrogens with one attached hydrogen (secondary N) is 1. The van der Waals surface area contributed by atoms with Crippen molar-refractivity contribution < 1.29 is 28.7 Å². The van der Waals surface area contributed by atoms with Crippen molar-refractivity contribution in [1.82, 2.24) is 9.62 Å². The van der Waals surface area contributed by atoms with Crippen molar-refractivity contribution in [3.63, 3.8) is 0 Å². The third kappa shape index (κ3) is 5.88. The zero-order valence-corrected chi connectivity index (χ0v) is 18.3. The van der Waals surface area contributed by atoms with Crippen LogP contribution in [-0.4, -0.2) is 60.9 Å². The highest BCUT2D eigenvalue weighted by Gasteiger charge is 2.35. The Kier molecular flexibility index (Phi) is 8.03. The minimum atomic E-state index is -1.47. The molecule has 1 unspecified atom stereocenters. The molecule has 164 valence electrons. The minimum absolute atomic E-state index is 0.121. The van der Waals surface area contributed by atoms with E-state index in [4.69, 9.17) is 16.7 Å². The van der Waals surface area contributed by atoms with Gasteiger partial charge in [-0.25, -0.2) is 13.3 Å². The number of aliphatic hydroxyl groups excluding tert-OH is 2.